The summed E-state index contributed by atoms with van der Waals surface area (Å²) in [6.45, 7) is 3.29. The van der Waals surface area contributed by atoms with Crippen molar-refractivity contribution in [2.45, 2.75) is 32.7 Å². The van der Waals surface area contributed by atoms with Gasteiger partial charge in [-0.25, -0.2) is 8.78 Å². The molecule has 0 aliphatic carbocycles. The van der Waals surface area contributed by atoms with Gasteiger partial charge < -0.3 is 5.73 Å². The van der Waals surface area contributed by atoms with Gasteiger partial charge in [0.1, 0.15) is 0 Å². The topological polar surface area (TPSA) is 43.1 Å². The van der Waals surface area contributed by atoms with Crippen molar-refractivity contribution in [2.24, 2.45) is 5.73 Å². The molecule has 0 spiro atoms. The molecule has 16 heavy (non-hydrogen) atoms. The van der Waals surface area contributed by atoms with Gasteiger partial charge >= 0.3 is 0 Å². The lowest BCUT2D eigenvalue weighted by atomic mass is 10.0. The minimum Gasteiger partial charge on any atom is -0.327 e. The van der Waals surface area contributed by atoms with E-state index in [0.29, 0.717) is 6.42 Å². The van der Waals surface area contributed by atoms with Crippen LogP contribution in [0, 0.1) is 18.6 Å². The Bertz CT molecular complexity index is 404. The molecule has 4 heteroatoms. The second kappa shape index (κ2) is 5.16. The average Bonchev–Trinajstić information content (AvgIpc) is 2.25. The van der Waals surface area contributed by atoms with Gasteiger partial charge in [-0.1, -0.05) is 13.0 Å². The van der Waals surface area contributed by atoms with Gasteiger partial charge in [0.2, 0.25) is 0 Å². The summed E-state index contributed by atoms with van der Waals surface area (Å²) in [6, 6.07) is 2.39. The maximum absolute atomic E-state index is 13.4. The maximum Gasteiger partial charge on any atom is 0.169 e. The largest absolute Gasteiger partial charge is 0.327 e. The van der Waals surface area contributed by atoms with E-state index in [1.54, 1.807) is 0 Å². The number of rotatable bonds is 4. The van der Waals surface area contributed by atoms with Gasteiger partial charge in [0.15, 0.2) is 17.4 Å². The third-order valence-electron chi connectivity index (χ3n) is 2.55. The summed E-state index contributed by atoms with van der Waals surface area (Å²) in [6.07, 6.45) is 0.664. The van der Waals surface area contributed by atoms with Gasteiger partial charge in [0.05, 0.1) is 5.56 Å². The van der Waals surface area contributed by atoms with E-state index >= 15 is 0 Å². The molecule has 88 valence electrons. The van der Waals surface area contributed by atoms with Crippen LogP contribution < -0.4 is 5.73 Å². The molecule has 0 fully saturated rings. The summed E-state index contributed by atoms with van der Waals surface area (Å²) >= 11 is 0. The van der Waals surface area contributed by atoms with Gasteiger partial charge in [-0.2, -0.15) is 0 Å². The van der Waals surface area contributed by atoms with Gasteiger partial charge in [0, 0.05) is 12.5 Å². The van der Waals surface area contributed by atoms with Crippen LogP contribution in [0.15, 0.2) is 12.1 Å². The lowest BCUT2D eigenvalue weighted by Crippen LogP contribution is -2.23. The number of hydrogen-bond donors (Lipinski definition) is 1. The smallest absolute Gasteiger partial charge is 0.169 e. The van der Waals surface area contributed by atoms with Crippen LogP contribution in [0.1, 0.15) is 35.7 Å². The number of ketones is 1. The number of nitrogens with two attached hydrogens (primary N) is 1. The fraction of sp³-hybridized carbons (Fsp3) is 0.417. The Hall–Kier alpha value is -1.29. The fourth-order valence-electron chi connectivity index (χ4n) is 1.35. The number of carbonyl (C=O) groups excluding carboxylic acids is 1. The Morgan fingerprint density at radius 2 is 2.00 bits per heavy atom. The molecule has 0 aliphatic heterocycles. The second-order valence-corrected chi connectivity index (χ2v) is 3.85. The van der Waals surface area contributed by atoms with E-state index in [-0.39, 0.29) is 23.6 Å². The molecule has 0 aliphatic rings. The summed E-state index contributed by atoms with van der Waals surface area (Å²) < 4.78 is 26.6. The minimum atomic E-state index is -1.08. The summed E-state index contributed by atoms with van der Waals surface area (Å²) in [5, 5.41) is 0. The molecule has 1 aromatic rings. The van der Waals surface area contributed by atoms with Crippen LogP contribution in [-0.4, -0.2) is 11.8 Å². The van der Waals surface area contributed by atoms with Gasteiger partial charge in [0.25, 0.3) is 0 Å². The minimum absolute atomic E-state index is 0.0376. The first kappa shape index (κ1) is 12.8. The van der Waals surface area contributed by atoms with Gasteiger partial charge in [-0.3, -0.25) is 4.79 Å². The number of hydrogen-bond acceptors (Lipinski definition) is 2. The third-order valence-corrected chi connectivity index (χ3v) is 2.55. The Labute approximate surface area is 93.5 Å². The lowest BCUT2D eigenvalue weighted by Gasteiger charge is -2.09. The molecule has 1 unspecified atom stereocenters. The standard InChI is InChI=1S/C12H15F2NO/c1-3-8(15)6-10(16)9-5-4-7(2)11(13)12(9)14/h4-5,8H,3,6,15H2,1-2H3. The van der Waals surface area contributed by atoms with Crippen molar-refractivity contribution in [3.63, 3.8) is 0 Å². The van der Waals surface area contributed by atoms with Crippen LogP contribution in [-0.2, 0) is 0 Å². The Kier molecular flexibility index (Phi) is 4.12. The first-order valence-electron chi connectivity index (χ1n) is 5.20. The van der Waals surface area contributed by atoms with Crippen molar-refractivity contribution in [1.29, 1.82) is 0 Å². The molecular formula is C12H15F2NO. The number of aryl methyl sites for hydroxylation is 1. The molecule has 0 aromatic heterocycles. The fourth-order valence-corrected chi connectivity index (χ4v) is 1.35. The molecule has 0 saturated carbocycles. The SMILES string of the molecule is CCC(N)CC(=O)c1ccc(C)c(F)c1F. The summed E-state index contributed by atoms with van der Waals surface area (Å²) in [5.74, 6) is -2.49. The zero-order valence-electron chi connectivity index (χ0n) is 9.39. The number of carbonyl (C=O) groups is 1. The second-order valence-electron chi connectivity index (χ2n) is 3.85. The highest BCUT2D eigenvalue weighted by Crippen LogP contribution is 2.17. The molecule has 0 bridgehead atoms. The van der Waals surface area contributed by atoms with Crippen LogP contribution in [0.2, 0.25) is 0 Å². The first-order chi connectivity index (χ1) is 7.47. The normalized spacial score (nSPS) is 12.6. The predicted octanol–water partition coefficient (Wildman–Crippen LogP) is 2.58. The van der Waals surface area contributed by atoms with Crippen LogP contribution in [0.4, 0.5) is 8.78 Å². The number of benzene rings is 1. The van der Waals surface area contributed by atoms with E-state index < -0.39 is 17.4 Å². The molecule has 0 amide bonds. The predicted molar refractivity (Wildman–Crippen MR) is 58.3 cm³/mol. The first-order valence-corrected chi connectivity index (χ1v) is 5.20. The molecule has 1 atom stereocenters. The molecule has 2 N–H and O–H groups in total. The van der Waals surface area contributed by atoms with Crippen LogP contribution in [0.5, 0.6) is 0 Å². The van der Waals surface area contributed by atoms with E-state index in [0.717, 1.165) is 0 Å². The zero-order chi connectivity index (χ0) is 12.3. The van der Waals surface area contributed by atoms with Crippen molar-refractivity contribution in [3.8, 4) is 0 Å². The summed E-state index contributed by atoms with van der Waals surface area (Å²) in [4.78, 5) is 11.6. The van der Waals surface area contributed by atoms with E-state index in [1.165, 1.54) is 19.1 Å². The Morgan fingerprint density at radius 3 is 2.56 bits per heavy atom. The van der Waals surface area contributed by atoms with E-state index in [2.05, 4.69) is 0 Å². The van der Waals surface area contributed by atoms with Crippen molar-refractivity contribution in [2.75, 3.05) is 0 Å². The van der Waals surface area contributed by atoms with Crippen molar-refractivity contribution >= 4 is 5.78 Å². The quantitative estimate of drug-likeness (QED) is 0.803. The molecule has 0 heterocycles. The summed E-state index contributed by atoms with van der Waals surface area (Å²) in [5.41, 5.74) is 5.57. The third kappa shape index (κ3) is 2.64. The average molecular weight is 227 g/mol. The highest BCUT2D eigenvalue weighted by molar-refractivity contribution is 5.96. The molecule has 1 aromatic carbocycles. The molecule has 0 saturated heterocycles. The zero-order valence-corrected chi connectivity index (χ0v) is 9.39. The molecule has 2 nitrogen and oxygen atoms in total. The molecule has 0 radical (unpaired) electrons. The van der Waals surface area contributed by atoms with Crippen LogP contribution >= 0.6 is 0 Å². The Morgan fingerprint density at radius 1 is 1.38 bits per heavy atom. The Balaban J connectivity index is 2.97. The highest BCUT2D eigenvalue weighted by Gasteiger charge is 2.18. The van der Waals surface area contributed by atoms with E-state index in [1.807, 2.05) is 6.92 Å². The lowest BCUT2D eigenvalue weighted by molar-refractivity contribution is 0.0969. The van der Waals surface area contributed by atoms with Gasteiger partial charge in [-0.15, -0.1) is 0 Å². The van der Waals surface area contributed by atoms with Crippen LogP contribution in [0.3, 0.4) is 0 Å². The number of halogens is 2. The van der Waals surface area contributed by atoms with Crippen molar-refractivity contribution in [3.05, 3.63) is 34.9 Å². The van der Waals surface area contributed by atoms with Crippen molar-refractivity contribution < 1.29 is 13.6 Å². The van der Waals surface area contributed by atoms with Gasteiger partial charge in [-0.05, 0) is 25.0 Å². The molecular weight excluding hydrogens is 212 g/mol. The van der Waals surface area contributed by atoms with Crippen molar-refractivity contribution in [1.82, 2.24) is 0 Å². The highest BCUT2D eigenvalue weighted by atomic mass is 19.2. The monoisotopic (exact) mass is 227 g/mol. The number of Topliss-reactive ketones (excluding diaryl/α,β-unsaturated/α-hetero) is 1. The van der Waals surface area contributed by atoms with E-state index in [9.17, 15) is 13.6 Å². The summed E-state index contributed by atoms with van der Waals surface area (Å²) in [7, 11) is 0. The van der Waals surface area contributed by atoms with Crippen LogP contribution in [0.25, 0.3) is 0 Å². The molecule has 1 rings (SSSR count). The maximum atomic E-state index is 13.4. The van der Waals surface area contributed by atoms with E-state index in [4.69, 9.17) is 5.73 Å².